The van der Waals surface area contributed by atoms with E-state index in [4.69, 9.17) is 0 Å². The van der Waals surface area contributed by atoms with Crippen LogP contribution in [0, 0.1) is 5.82 Å². The smallest absolute Gasteiger partial charge is 0.337 e. The van der Waals surface area contributed by atoms with Crippen LogP contribution >= 0.6 is 0 Å². The van der Waals surface area contributed by atoms with E-state index >= 15 is 0 Å². The number of nitrogens with one attached hydrogen (secondary N) is 1. The van der Waals surface area contributed by atoms with Crippen molar-refractivity contribution >= 4 is 17.9 Å². The second-order valence-electron chi connectivity index (χ2n) is 6.28. The fourth-order valence-electron chi connectivity index (χ4n) is 3.19. The topological polar surface area (TPSA) is 75.7 Å². The Morgan fingerprint density at radius 1 is 1.11 bits per heavy atom. The summed E-state index contributed by atoms with van der Waals surface area (Å²) in [5.41, 5.74) is 0.398. The largest absolute Gasteiger partial charge is 0.465 e. The molecule has 1 fully saturated rings. The SMILES string of the molecule is CC[C@]1(c2ccc(F)cc2)NC(=O)N(Cc2ccc(C(=O)OC)cc2)C1=O. The molecule has 1 aliphatic rings. The summed E-state index contributed by atoms with van der Waals surface area (Å²) in [4.78, 5) is 38.2. The molecule has 0 aromatic heterocycles. The Hall–Kier alpha value is -3.22. The van der Waals surface area contributed by atoms with Crippen molar-refractivity contribution in [2.75, 3.05) is 7.11 Å². The molecule has 1 heterocycles. The number of nitrogens with zero attached hydrogens (tertiary/aromatic N) is 1. The second kappa shape index (κ2) is 7.19. The number of esters is 1. The van der Waals surface area contributed by atoms with E-state index in [1.807, 2.05) is 0 Å². The van der Waals surface area contributed by atoms with Gasteiger partial charge < -0.3 is 10.1 Å². The van der Waals surface area contributed by atoms with Crippen molar-refractivity contribution in [1.29, 1.82) is 0 Å². The third-order valence-electron chi connectivity index (χ3n) is 4.76. The summed E-state index contributed by atoms with van der Waals surface area (Å²) in [5, 5.41) is 2.75. The maximum absolute atomic E-state index is 13.2. The first kappa shape index (κ1) is 18.6. The lowest BCUT2D eigenvalue weighted by molar-refractivity contribution is -0.132. The quantitative estimate of drug-likeness (QED) is 0.649. The summed E-state index contributed by atoms with van der Waals surface area (Å²) in [6, 6.07) is 11.5. The first-order valence-electron chi connectivity index (χ1n) is 8.48. The predicted molar refractivity (Wildman–Crippen MR) is 95.2 cm³/mol. The molecule has 2 aromatic rings. The molecule has 1 N–H and O–H groups in total. The van der Waals surface area contributed by atoms with E-state index in [0.29, 0.717) is 23.1 Å². The lowest BCUT2D eigenvalue weighted by Gasteiger charge is -2.25. The van der Waals surface area contributed by atoms with E-state index < -0.39 is 29.3 Å². The fraction of sp³-hybridized carbons (Fsp3) is 0.250. The minimum absolute atomic E-state index is 0.0645. The van der Waals surface area contributed by atoms with E-state index in [-0.39, 0.29) is 6.54 Å². The first-order chi connectivity index (χ1) is 12.9. The summed E-state index contributed by atoms with van der Waals surface area (Å²) in [7, 11) is 1.29. The number of imide groups is 1. The van der Waals surface area contributed by atoms with Gasteiger partial charge in [0.1, 0.15) is 11.4 Å². The molecule has 1 atom stereocenters. The number of methoxy groups -OCH3 is 1. The average molecular weight is 370 g/mol. The highest BCUT2D eigenvalue weighted by atomic mass is 19.1. The second-order valence-corrected chi connectivity index (χ2v) is 6.28. The van der Waals surface area contributed by atoms with Crippen LogP contribution in [0.1, 0.15) is 34.8 Å². The molecular weight excluding hydrogens is 351 g/mol. The van der Waals surface area contributed by atoms with Crippen LogP contribution in [-0.4, -0.2) is 29.9 Å². The monoisotopic (exact) mass is 370 g/mol. The standard InChI is InChI=1S/C20H19FN2O4/c1-3-20(15-8-10-16(21)11-9-15)18(25)23(19(26)22-20)12-13-4-6-14(7-5-13)17(24)27-2/h4-11H,3,12H2,1-2H3,(H,22,26)/t20-/m1/s1. The van der Waals surface area contributed by atoms with Gasteiger partial charge in [-0.05, 0) is 41.8 Å². The van der Waals surface area contributed by atoms with Gasteiger partial charge in [0, 0.05) is 0 Å². The van der Waals surface area contributed by atoms with Gasteiger partial charge in [-0.1, -0.05) is 31.2 Å². The van der Waals surface area contributed by atoms with Gasteiger partial charge in [0.05, 0.1) is 19.2 Å². The van der Waals surface area contributed by atoms with Gasteiger partial charge in [0.2, 0.25) is 0 Å². The molecule has 1 aliphatic heterocycles. The van der Waals surface area contributed by atoms with Crippen LogP contribution < -0.4 is 5.32 Å². The summed E-state index contributed by atoms with van der Waals surface area (Å²) in [6.45, 7) is 1.85. The highest BCUT2D eigenvalue weighted by Gasteiger charge is 2.51. The van der Waals surface area contributed by atoms with Gasteiger partial charge in [-0.2, -0.15) is 0 Å². The molecule has 7 heteroatoms. The number of halogens is 1. The number of hydrogen-bond acceptors (Lipinski definition) is 4. The minimum Gasteiger partial charge on any atom is -0.465 e. The Morgan fingerprint density at radius 3 is 2.30 bits per heavy atom. The fourth-order valence-corrected chi connectivity index (χ4v) is 3.19. The normalized spacial score (nSPS) is 19.1. The number of benzene rings is 2. The Balaban J connectivity index is 1.85. The van der Waals surface area contributed by atoms with Crippen LogP contribution in [0.5, 0.6) is 0 Å². The van der Waals surface area contributed by atoms with Crippen LogP contribution in [0.15, 0.2) is 48.5 Å². The lowest BCUT2D eigenvalue weighted by Crippen LogP contribution is -2.43. The number of hydrogen-bond donors (Lipinski definition) is 1. The minimum atomic E-state index is -1.21. The van der Waals surface area contributed by atoms with E-state index in [0.717, 1.165) is 4.90 Å². The highest BCUT2D eigenvalue weighted by Crippen LogP contribution is 2.33. The molecule has 0 saturated carbocycles. The Bertz CT molecular complexity index is 880. The molecule has 6 nitrogen and oxygen atoms in total. The number of ether oxygens (including phenoxy) is 1. The van der Waals surface area contributed by atoms with E-state index in [9.17, 15) is 18.8 Å². The molecule has 0 spiro atoms. The van der Waals surface area contributed by atoms with Crippen LogP contribution in [0.4, 0.5) is 9.18 Å². The molecule has 1 saturated heterocycles. The average Bonchev–Trinajstić information content (AvgIpc) is 2.93. The van der Waals surface area contributed by atoms with Gasteiger partial charge in [0.15, 0.2) is 0 Å². The molecule has 0 bridgehead atoms. The molecule has 27 heavy (non-hydrogen) atoms. The summed E-state index contributed by atoms with van der Waals surface area (Å²) in [5.74, 6) is -1.26. The summed E-state index contributed by atoms with van der Waals surface area (Å²) in [6.07, 6.45) is 0.334. The number of carbonyl (C=O) groups is 3. The maximum Gasteiger partial charge on any atom is 0.337 e. The summed E-state index contributed by atoms with van der Waals surface area (Å²) >= 11 is 0. The number of carbonyl (C=O) groups excluding carboxylic acids is 3. The maximum atomic E-state index is 13.2. The van der Waals surface area contributed by atoms with Crippen LogP contribution in [0.2, 0.25) is 0 Å². The van der Waals surface area contributed by atoms with Gasteiger partial charge in [-0.25, -0.2) is 14.0 Å². The molecule has 3 amide bonds. The van der Waals surface area contributed by atoms with Crippen molar-refractivity contribution < 1.29 is 23.5 Å². The van der Waals surface area contributed by atoms with Crippen molar-refractivity contribution in [3.63, 3.8) is 0 Å². The van der Waals surface area contributed by atoms with Gasteiger partial charge in [0.25, 0.3) is 5.91 Å². The predicted octanol–water partition coefficient (Wildman–Crippen LogP) is 2.97. The zero-order chi connectivity index (χ0) is 19.6. The summed E-state index contributed by atoms with van der Waals surface area (Å²) < 4.78 is 17.9. The number of amides is 3. The van der Waals surface area contributed by atoms with E-state index in [1.54, 1.807) is 31.2 Å². The molecule has 2 aromatic carbocycles. The van der Waals surface area contributed by atoms with Crippen LogP contribution in [-0.2, 0) is 21.6 Å². The Morgan fingerprint density at radius 2 is 1.74 bits per heavy atom. The van der Waals surface area contributed by atoms with Crippen molar-refractivity contribution in [2.45, 2.75) is 25.4 Å². The molecule has 0 radical (unpaired) electrons. The molecule has 3 rings (SSSR count). The first-order valence-corrected chi connectivity index (χ1v) is 8.48. The molecular formula is C20H19FN2O4. The van der Waals surface area contributed by atoms with Gasteiger partial charge in [-0.15, -0.1) is 0 Å². The van der Waals surface area contributed by atoms with Crippen LogP contribution in [0.3, 0.4) is 0 Å². The molecule has 0 unspecified atom stereocenters. The third kappa shape index (κ3) is 3.28. The third-order valence-corrected chi connectivity index (χ3v) is 4.76. The van der Waals surface area contributed by atoms with Gasteiger partial charge >= 0.3 is 12.0 Å². The highest BCUT2D eigenvalue weighted by molar-refractivity contribution is 6.07. The van der Waals surface area contributed by atoms with E-state index in [2.05, 4.69) is 10.1 Å². The Labute approximate surface area is 155 Å². The zero-order valence-corrected chi connectivity index (χ0v) is 15.0. The van der Waals surface area contributed by atoms with Gasteiger partial charge in [-0.3, -0.25) is 9.69 Å². The van der Waals surface area contributed by atoms with E-state index in [1.165, 1.54) is 31.4 Å². The van der Waals surface area contributed by atoms with Crippen molar-refractivity contribution in [3.05, 3.63) is 71.0 Å². The molecule has 0 aliphatic carbocycles. The van der Waals surface area contributed by atoms with Crippen LogP contribution in [0.25, 0.3) is 0 Å². The molecule has 140 valence electrons. The number of rotatable bonds is 5. The zero-order valence-electron chi connectivity index (χ0n) is 15.0. The van der Waals surface area contributed by atoms with Crippen molar-refractivity contribution in [1.82, 2.24) is 10.2 Å². The Kier molecular flexibility index (Phi) is 4.94. The number of urea groups is 1. The lowest BCUT2D eigenvalue weighted by atomic mass is 9.87. The van der Waals surface area contributed by atoms with Crippen molar-refractivity contribution in [3.8, 4) is 0 Å². The van der Waals surface area contributed by atoms with Crippen molar-refractivity contribution in [2.24, 2.45) is 0 Å².